The van der Waals surface area contributed by atoms with Crippen LogP contribution in [0.3, 0.4) is 0 Å². The van der Waals surface area contributed by atoms with E-state index in [1.165, 1.54) is 11.1 Å². The van der Waals surface area contributed by atoms with Gasteiger partial charge in [-0.15, -0.1) is 0 Å². The molecule has 5 heteroatoms. The highest BCUT2D eigenvalue weighted by Gasteiger charge is 2.14. The second kappa shape index (κ2) is 8.10. The molecule has 4 aromatic rings. The van der Waals surface area contributed by atoms with E-state index in [0.29, 0.717) is 33.3 Å². The Kier molecular flexibility index (Phi) is 5.36. The number of aromatic nitrogens is 1. The normalized spacial score (nSPS) is 11.0. The van der Waals surface area contributed by atoms with Crippen LogP contribution in [0, 0.1) is 0 Å². The van der Waals surface area contributed by atoms with Crippen molar-refractivity contribution in [3.8, 4) is 11.5 Å². The molecule has 1 aromatic heterocycles. The van der Waals surface area contributed by atoms with Gasteiger partial charge in [-0.05, 0) is 66.4 Å². The molecule has 4 nitrogen and oxygen atoms in total. The maximum Gasteiger partial charge on any atom is 0.255 e. The summed E-state index contributed by atoms with van der Waals surface area (Å²) in [6.45, 7) is 4.18. The fourth-order valence-electron chi connectivity index (χ4n) is 3.17. The summed E-state index contributed by atoms with van der Waals surface area (Å²) in [5, 5.41) is 3.43. The summed E-state index contributed by atoms with van der Waals surface area (Å²) in [5.41, 5.74) is 5.76. The summed E-state index contributed by atoms with van der Waals surface area (Å²) >= 11 is 6.39. The average molecular weight is 405 g/mol. The molecule has 0 spiro atoms. The number of carbonyl (C=O) groups excluding carboxylic acids is 1. The molecule has 0 saturated carbocycles. The lowest BCUT2D eigenvalue weighted by atomic mass is 10.1. The standard InChI is InChI=1S/C24H21ClN2O2/c1-3-15-5-8-17(9-6-15)23(28)26-18-10-11-20(25)19(14-18)24-27-21-13-16(4-2)7-12-22(21)29-24/h5-14H,3-4H2,1-2H3,(H,26,28). The van der Waals surface area contributed by atoms with Crippen molar-refractivity contribution in [1.82, 2.24) is 4.98 Å². The molecule has 1 amide bonds. The van der Waals surface area contributed by atoms with Crippen molar-refractivity contribution in [1.29, 1.82) is 0 Å². The summed E-state index contributed by atoms with van der Waals surface area (Å²) in [6.07, 6.45) is 1.87. The maximum atomic E-state index is 12.6. The molecule has 0 atom stereocenters. The summed E-state index contributed by atoms with van der Waals surface area (Å²) in [6, 6.07) is 18.8. The Hall–Kier alpha value is -3.11. The SMILES string of the molecule is CCc1ccc(C(=O)Nc2ccc(Cl)c(-c3nc4cc(CC)ccc4o3)c2)cc1. The zero-order valence-corrected chi connectivity index (χ0v) is 17.1. The summed E-state index contributed by atoms with van der Waals surface area (Å²) in [5.74, 6) is 0.257. The van der Waals surface area contributed by atoms with Crippen LogP contribution in [0.2, 0.25) is 5.02 Å². The number of nitrogens with zero attached hydrogens (tertiary/aromatic N) is 1. The van der Waals surface area contributed by atoms with E-state index in [1.807, 2.05) is 42.5 Å². The molecule has 3 aromatic carbocycles. The van der Waals surface area contributed by atoms with Crippen LogP contribution in [0.1, 0.15) is 35.3 Å². The Bertz CT molecular complexity index is 1180. The highest BCUT2D eigenvalue weighted by molar-refractivity contribution is 6.33. The van der Waals surface area contributed by atoms with E-state index in [-0.39, 0.29) is 5.91 Å². The molecular formula is C24H21ClN2O2. The van der Waals surface area contributed by atoms with Gasteiger partial charge >= 0.3 is 0 Å². The summed E-state index contributed by atoms with van der Waals surface area (Å²) in [7, 11) is 0. The van der Waals surface area contributed by atoms with Crippen molar-refractivity contribution < 1.29 is 9.21 Å². The first kappa shape index (κ1) is 19.2. The Morgan fingerprint density at radius 2 is 1.69 bits per heavy atom. The van der Waals surface area contributed by atoms with Crippen LogP contribution in [-0.4, -0.2) is 10.9 Å². The number of rotatable bonds is 5. The highest BCUT2D eigenvalue weighted by atomic mass is 35.5. The quantitative estimate of drug-likeness (QED) is 0.411. The van der Waals surface area contributed by atoms with Gasteiger partial charge in [0.2, 0.25) is 5.89 Å². The number of benzene rings is 3. The number of oxazole rings is 1. The van der Waals surface area contributed by atoms with E-state index in [4.69, 9.17) is 16.0 Å². The van der Waals surface area contributed by atoms with Crippen LogP contribution in [-0.2, 0) is 12.8 Å². The second-order valence-corrected chi connectivity index (χ2v) is 7.28. The van der Waals surface area contributed by atoms with E-state index in [2.05, 4.69) is 24.1 Å². The van der Waals surface area contributed by atoms with Gasteiger partial charge < -0.3 is 9.73 Å². The third-order valence-corrected chi connectivity index (χ3v) is 5.27. The molecule has 4 rings (SSSR count). The van der Waals surface area contributed by atoms with Crippen LogP contribution >= 0.6 is 11.6 Å². The topological polar surface area (TPSA) is 55.1 Å². The lowest BCUT2D eigenvalue weighted by Gasteiger charge is -2.08. The number of hydrogen-bond donors (Lipinski definition) is 1. The van der Waals surface area contributed by atoms with Crippen molar-refractivity contribution in [2.75, 3.05) is 5.32 Å². The van der Waals surface area contributed by atoms with E-state index < -0.39 is 0 Å². The van der Waals surface area contributed by atoms with Gasteiger partial charge in [0.1, 0.15) is 5.52 Å². The zero-order chi connectivity index (χ0) is 20.4. The first-order chi connectivity index (χ1) is 14.1. The molecule has 146 valence electrons. The molecule has 1 heterocycles. The zero-order valence-electron chi connectivity index (χ0n) is 16.3. The fourth-order valence-corrected chi connectivity index (χ4v) is 3.37. The lowest BCUT2D eigenvalue weighted by molar-refractivity contribution is 0.102. The number of anilines is 1. The van der Waals surface area contributed by atoms with Crippen molar-refractivity contribution in [2.45, 2.75) is 26.7 Å². The van der Waals surface area contributed by atoms with Crippen LogP contribution in [0.25, 0.3) is 22.6 Å². The van der Waals surface area contributed by atoms with Gasteiger partial charge in [-0.1, -0.05) is 43.6 Å². The molecule has 1 N–H and O–H groups in total. The molecule has 29 heavy (non-hydrogen) atoms. The minimum absolute atomic E-state index is 0.175. The van der Waals surface area contributed by atoms with Gasteiger partial charge in [-0.3, -0.25) is 4.79 Å². The van der Waals surface area contributed by atoms with Crippen LogP contribution < -0.4 is 5.32 Å². The minimum atomic E-state index is -0.175. The van der Waals surface area contributed by atoms with Crippen LogP contribution in [0.4, 0.5) is 5.69 Å². The van der Waals surface area contributed by atoms with Crippen LogP contribution in [0.15, 0.2) is 65.1 Å². The van der Waals surface area contributed by atoms with Crippen molar-refractivity contribution >= 4 is 34.3 Å². The third kappa shape index (κ3) is 4.03. The Morgan fingerprint density at radius 1 is 0.966 bits per heavy atom. The van der Waals surface area contributed by atoms with Crippen molar-refractivity contribution in [3.63, 3.8) is 0 Å². The van der Waals surface area contributed by atoms with Gasteiger partial charge in [0.05, 0.1) is 10.6 Å². The first-order valence-corrected chi connectivity index (χ1v) is 10.0. The number of fused-ring (bicyclic) bond motifs is 1. The van der Waals surface area contributed by atoms with Gasteiger partial charge in [0, 0.05) is 11.3 Å². The van der Waals surface area contributed by atoms with Gasteiger partial charge in [-0.2, -0.15) is 0 Å². The number of amides is 1. The monoisotopic (exact) mass is 404 g/mol. The van der Waals surface area contributed by atoms with Crippen LogP contribution in [0.5, 0.6) is 0 Å². The molecule has 0 radical (unpaired) electrons. The van der Waals surface area contributed by atoms with E-state index in [1.54, 1.807) is 18.2 Å². The third-order valence-electron chi connectivity index (χ3n) is 4.94. The minimum Gasteiger partial charge on any atom is -0.436 e. The molecular weight excluding hydrogens is 384 g/mol. The predicted molar refractivity (Wildman–Crippen MR) is 118 cm³/mol. The highest BCUT2D eigenvalue weighted by Crippen LogP contribution is 2.32. The number of aryl methyl sites for hydroxylation is 2. The Balaban J connectivity index is 1.62. The van der Waals surface area contributed by atoms with Crippen molar-refractivity contribution in [3.05, 3.63) is 82.4 Å². The molecule has 0 aliphatic rings. The smallest absolute Gasteiger partial charge is 0.255 e. The summed E-state index contributed by atoms with van der Waals surface area (Å²) in [4.78, 5) is 17.2. The largest absolute Gasteiger partial charge is 0.436 e. The molecule has 0 aliphatic heterocycles. The number of hydrogen-bond acceptors (Lipinski definition) is 3. The predicted octanol–water partition coefficient (Wildman–Crippen LogP) is 6.53. The lowest BCUT2D eigenvalue weighted by Crippen LogP contribution is -2.11. The number of carbonyl (C=O) groups is 1. The van der Waals surface area contributed by atoms with Gasteiger partial charge in [0.25, 0.3) is 5.91 Å². The number of halogens is 1. The Labute approximate surface area is 174 Å². The van der Waals surface area contributed by atoms with E-state index >= 15 is 0 Å². The molecule has 0 bridgehead atoms. The summed E-state index contributed by atoms with van der Waals surface area (Å²) < 4.78 is 5.90. The van der Waals surface area contributed by atoms with Crippen molar-refractivity contribution in [2.24, 2.45) is 0 Å². The molecule has 0 unspecified atom stereocenters. The van der Waals surface area contributed by atoms with Gasteiger partial charge in [-0.25, -0.2) is 4.98 Å². The fraction of sp³-hybridized carbons (Fsp3) is 0.167. The average Bonchev–Trinajstić information content (AvgIpc) is 3.18. The maximum absolute atomic E-state index is 12.6. The molecule has 0 fully saturated rings. The van der Waals surface area contributed by atoms with Gasteiger partial charge in [0.15, 0.2) is 5.58 Å². The van der Waals surface area contributed by atoms with E-state index in [9.17, 15) is 4.79 Å². The number of nitrogens with one attached hydrogen (secondary N) is 1. The first-order valence-electron chi connectivity index (χ1n) is 9.67. The second-order valence-electron chi connectivity index (χ2n) is 6.87. The molecule has 0 saturated heterocycles. The Morgan fingerprint density at radius 3 is 2.41 bits per heavy atom. The molecule has 0 aliphatic carbocycles. The van der Waals surface area contributed by atoms with E-state index in [0.717, 1.165) is 18.4 Å².